The first-order valence-electron chi connectivity index (χ1n) is 9.15. The smallest absolute Gasteiger partial charge is 0.213 e. The Hall–Kier alpha value is -3.21. The van der Waals surface area contributed by atoms with Crippen LogP contribution in [0, 0.1) is 28.6 Å². The molecule has 3 aromatic heterocycles. The summed E-state index contributed by atoms with van der Waals surface area (Å²) in [6.07, 6.45) is 6.70. The normalized spacial score (nSPS) is 17.4. The molecule has 4 rings (SSSR count). The van der Waals surface area contributed by atoms with Gasteiger partial charge in [0.05, 0.1) is 29.5 Å². The molecule has 0 aromatic carbocycles. The van der Waals surface area contributed by atoms with Gasteiger partial charge < -0.3 is 4.98 Å². The maximum absolute atomic E-state index is 12.2. The lowest BCUT2D eigenvalue weighted by molar-refractivity contribution is 0.0357. The second-order valence-corrected chi connectivity index (χ2v) is 9.45. The second-order valence-electron chi connectivity index (χ2n) is 7.20. The summed E-state index contributed by atoms with van der Waals surface area (Å²) in [5.74, 6) is -0.429. The van der Waals surface area contributed by atoms with Crippen LogP contribution in [0.4, 0.5) is 0 Å². The number of hydrogen-bond donors (Lipinski definition) is 1. The number of nitrogens with one attached hydrogen (secondary N) is 1. The van der Waals surface area contributed by atoms with Crippen LogP contribution in [0.2, 0.25) is 0 Å². The van der Waals surface area contributed by atoms with E-state index in [1.54, 1.807) is 37.1 Å². The average Bonchev–Trinajstić information content (AvgIpc) is 3.35. The lowest BCUT2D eigenvalue weighted by atomic mass is 9.80. The van der Waals surface area contributed by atoms with Crippen molar-refractivity contribution >= 4 is 21.1 Å². The van der Waals surface area contributed by atoms with Gasteiger partial charge in [-0.25, -0.2) is 13.4 Å². The van der Waals surface area contributed by atoms with Crippen molar-refractivity contribution in [3.63, 3.8) is 0 Å². The van der Waals surface area contributed by atoms with Crippen LogP contribution < -0.4 is 0 Å². The van der Waals surface area contributed by atoms with Gasteiger partial charge >= 0.3 is 0 Å². The highest BCUT2D eigenvalue weighted by Gasteiger charge is 2.53. The first-order valence-corrected chi connectivity index (χ1v) is 10.8. The van der Waals surface area contributed by atoms with Crippen LogP contribution in [0.15, 0.2) is 30.9 Å². The van der Waals surface area contributed by atoms with Crippen LogP contribution in [0.1, 0.15) is 19.4 Å². The number of nitriles is 2. The van der Waals surface area contributed by atoms with Gasteiger partial charge in [-0.1, -0.05) is 0 Å². The van der Waals surface area contributed by atoms with Crippen molar-refractivity contribution in [1.29, 1.82) is 10.5 Å². The number of fused-ring (bicyclic) bond motifs is 1. The van der Waals surface area contributed by atoms with Gasteiger partial charge in [-0.15, -0.1) is 0 Å². The predicted molar refractivity (Wildman–Crippen MR) is 106 cm³/mol. The minimum atomic E-state index is -3.33. The van der Waals surface area contributed by atoms with E-state index in [4.69, 9.17) is 0 Å². The first kappa shape index (κ1) is 19.1. The molecule has 9 nitrogen and oxygen atoms in total. The number of H-pyrrole nitrogens is 1. The Kier molecular flexibility index (Phi) is 4.41. The molecule has 1 atom stereocenters. The SMILES string of the molecule is CCS(=O)(=O)N1CC(C(C)C#N)(n2cc(-c3c(C#N)cnc4[nH]ccc34)cn2)C1. The van der Waals surface area contributed by atoms with Gasteiger partial charge in [0.15, 0.2) is 0 Å². The molecule has 148 valence electrons. The van der Waals surface area contributed by atoms with Crippen LogP contribution in [0.5, 0.6) is 0 Å². The summed E-state index contributed by atoms with van der Waals surface area (Å²) >= 11 is 0. The third-order valence-electron chi connectivity index (χ3n) is 5.69. The summed E-state index contributed by atoms with van der Waals surface area (Å²) in [7, 11) is -3.33. The zero-order valence-electron chi connectivity index (χ0n) is 16.0. The van der Waals surface area contributed by atoms with Crippen molar-refractivity contribution in [3.05, 3.63) is 36.4 Å². The van der Waals surface area contributed by atoms with E-state index in [0.717, 1.165) is 10.9 Å². The molecule has 1 unspecified atom stereocenters. The molecule has 29 heavy (non-hydrogen) atoms. The Morgan fingerprint density at radius 2 is 2.10 bits per heavy atom. The third-order valence-corrected chi connectivity index (χ3v) is 7.47. The third kappa shape index (κ3) is 2.80. The van der Waals surface area contributed by atoms with Crippen molar-refractivity contribution < 1.29 is 8.42 Å². The van der Waals surface area contributed by atoms with Crippen molar-refractivity contribution in [2.75, 3.05) is 18.8 Å². The van der Waals surface area contributed by atoms with Crippen molar-refractivity contribution in [1.82, 2.24) is 24.1 Å². The fraction of sp³-hybridized carbons (Fsp3) is 0.368. The lowest BCUT2D eigenvalue weighted by Crippen LogP contribution is -2.67. The summed E-state index contributed by atoms with van der Waals surface area (Å²) in [5.41, 5.74) is 1.77. The maximum atomic E-state index is 12.2. The van der Waals surface area contributed by atoms with Crippen LogP contribution >= 0.6 is 0 Å². The van der Waals surface area contributed by atoms with E-state index >= 15 is 0 Å². The highest BCUT2D eigenvalue weighted by atomic mass is 32.2. The van der Waals surface area contributed by atoms with E-state index in [2.05, 4.69) is 27.2 Å². The number of hydrogen-bond acceptors (Lipinski definition) is 6. The highest BCUT2D eigenvalue weighted by molar-refractivity contribution is 7.89. The van der Waals surface area contributed by atoms with Gasteiger partial charge in [0, 0.05) is 48.2 Å². The van der Waals surface area contributed by atoms with Gasteiger partial charge in [-0.3, -0.25) is 4.68 Å². The number of sulfonamides is 1. The fourth-order valence-corrected chi connectivity index (χ4v) is 4.99. The topological polar surface area (TPSA) is 131 Å². The predicted octanol–water partition coefficient (Wildman–Crippen LogP) is 1.82. The van der Waals surface area contributed by atoms with Crippen LogP contribution in [-0.2, 0) is 15.6 Å². The molecule has 0 radical (unpaired) electrons. The van der Waals surface area contributed by atoms with Crippen LogP contribution in [-0.4, -0.2) is 51.3 Å². The Labute approximate surface area is 168 Å². The largest absolute Gasteiger partial charge is 0.346 e. The molecule has 1 aliphatic rings. The molecule has 0 saturated carbocycles. The van der Waals surface area contributed by atoms with Crippen molar-refractivity contribution in [3.8, 4) is 23.3 Å². The maximum Gasteiger partial charge on any atom is 0.213 e. The number of aromatic nitrogens is 4. The Balaban J connectivity index is 1.79. The molecule has 0 amide bonds. The van der Waals surface area contributed by atoms with Gasteiger partial charge in [-0.2, -0.15) is 19.9 Å². The Morgan fingerprint density at radius 1 is 1.34 bits per heavy atom. The van der Waals surface area contributed by atoms with Gasteiger partial charge in [0.25, 0.3) is 0 Å². The van der Waals surface area contributed by atoms with E-state index in [0.29, 0.717) is 16.8 Å². The standard InChI is InChI=1S/C19H19N7O2S/c1-3-29(27,28)25-11-19(12-25,13(2)6-20)26-10-15(9-24-26)17-14(7-21)8-23-18-16(17)4-5-22-18/h4-5,8-10,13H,3,11-12H2,1-2H3,(H,22,23). The summed E-state index contributed by atoms with van der Waals surface area (Å²) < 4.78 is 27.5. The zero-order chi connectivity index (χ0) is 20.8. The summed E-state index contributed by atoms with van der Waals surface area (Å²) in [4.78, 5) is 7.28. The molecular weight excluding hydrogens is 390 g/mol. The monoisotopic (exact) mass is 409 g/mol. The Morgan fingerprint density at radius 3 is 2.76 bits per heavy atom. The summed E-state index contributed by atoms with van der Waals surface area (Å²) in [5, 5.41) is 24.4. The molecule has 4 heterocycles. The fourth-order valence-electron chi connectivity index (χ4n) is 3.78. The lowest BCUT2D eigenvalue weighted by Gasteiger charge is -2.50. The molecule has 1 saturated heterocycles. The summed E-state index contributed by atoms with van der Waals surface area (Å²) in [6, 6.07) is 6.26. The van der Waals surface area contributed by atoms with Crippen LogP contribution in [0.25, 0.3) is 22.2 Å². The van der Waals surface area contributed by atoms with E-state index < -0.39 is 21.5 Å². The van der Waals surface area contributed by atoms with Gasteiger partial charge in [0.1, 0.15) is 17.3 Å². The molecule has 10 heteroatoms. The molecule has 0 bridgehead atoms. The number of nitrogens with zero attached hydrogens (tertiary/aromatic N) is 6. The molecule has 0 spiro atoms. The molecule has 1 aliphatic heterocycles. The zero-order valence-corrected chi connectivity index (χ0v) is 16.8. The highest BCUT2D eigenvalue weighted by Crippen LogP contribution is 2.39. The quantitative estimate of drug-likeness (QED) is 0.684. The van der Waals surface area contributed by atoms with Crippen molar-refractivity contribution in [2.45, 2.75) is 19.4 Å². The van der Waals surface area contributed by atoms with Crippen molar-refractivity contribution in [2.24, 2.45) is 5.92 Å². The average molecular weight is 409 g/mol. The number of pyridine rings is 1. The van der Waals surface area contributed by atoms with E-state index in [9.17, 15) is 18.9 Å². The molecule has 3 aromatic rings. The second kappa shape index (κ2) is 6.69. The van der Waals surface area contributed by atoms with Gasteiger partial charge in [-0.05, 0) is 19.9 Å². The molecule has 0 aliphatic carbocycles. The van der Waals surface area contributed by atoms with Gasteiger partial charge in [0.2, 0.25) is 10.0 Å². The minimum absolute atomic E-state index is 0.0163. The molecule has 1 fully saturated rings. The first-order chi connectivity index (χ1) is 13.9. The number of rotatable bonds is 5. The van der Waals surface area contributed by atoms with E-state index in [1.165, 1.54) is 10.5 Å². The minimum Gasteiger partial charge on any atom is -0.346 e. The number of aromatic amines is 1. The summed E-state index contributed by atoms with van der Waals surface area (Å²) in [6.45, 7) is 3.76. The van der Waals surface area contributed by atoms with E-state index in [-0.39, 0.29) is 18.8 Å². The molecular formula is C19H19N7O2S. The van der Waals surface area contributed by atoms with E-state index in [1.807, 2.05) is 6.07 Å². The van der Waals surface area contributed by atoms with Crippen LogP contribution in [0.3, 0.4) is 0 Å². The Bertz CT molecular complexity index is 1270. The molecule has 1 N–H and O–H groups in total.